The van der Waals surface area contributed by atoms with Crippen molar-refractivity contribution in [1.82, 2.24) is 14.9 Å². The number of anilines is 1. The van der Waals surface area contributed by atoms with E-state index in [9.17, 15) is 4.79 Å². The summed E-state index contributed by atoms with van der Waals surface area (Å²) in [5.74, 6) is -0.983. The molecule has 0 saturated heterocycles. The second-order valence-corrected chi connectivity index (χ2v) is 9.65. The van der Waals surface area contributed by atoms with E-state index in [1.165, 1.54) is 23.7 Å². The number of aromatic nitrogens is 2. The first kappa shape index (κ1) is 22.9. The molecule has 0 saturated carbocycles. The second-order valence-electron chi connectivity index (χ2n) is 8.59. The molecule has 0 aliphatic heterocycles. The fourth-order valence-corrected chi connectivity index (χ4v) is 5.14. The van der Waals surface area contributed by atoms with Gasteiger partial charge in [-0.2, -0.15) is 0 Å². The number of rotatable bonds is 7. The van der Waals surface area contributed by atoms with Crippen molar-refractivity contribution in [2.45, 2.75) is 19.9 Å². The predicted octanol–water partition coefficient (Wildman–Crippen LogP) is 4.91. The number of pyridine rings is 1. The molecule has 0 spiro atoms. The van der Waals surface area contributed by atoms with E-state index in [2.05, 4.69) is 14.9 Å². The maximum Gasteiger partial charge on any atom is 0.249 e. The zero-order chi connectivity index (χ0) is 24.7. The summed E-state index contributed by atoms with van der Waals surface area (Å²) in [6, 6.07) is 11.0. The summed E-state index contributed by atoms with van der Waals surface area (Å²) in [6.07, 6.45) is 3.51. The number of nitrogen functional groups attached to an aromatic ring is 1. The number of benzene rings is 2. The van der Waals surface area contributed by atoms with Crippen molar-refractivity contribution in [3.63, 3.8) is 0 Å². The zero-order valence-electron chi connectivity index (χ0n) is 19.3. The van der Waals surface area contributed by atoms with Crippen LogP contribution in [-0.4, -0.2) is 34.4 Å². The van der Waals surface area contributed by atoms with Crippen LogP contribution in [0.1, 0.15) is 27.0 Å². The third-order valence-electron chi connectivity index (χ3n) is 6.21. The van der Waals surface area contributed by atoms with Crippen LogP contribution in [-0.2, 0) is 13.0 Å². The normalized spacial score (nSPS) is 11.7. The Morgan fingerprint density at radius 1 is 1.17 bits per heavy atom. The Kier molecular flexibility index (Phi) is 5.96. The first-order valence-corrected chi connectivity index (χ1v) is 11.9. The number of thiazole rings is 1. The van der Waals surface area contributed by atoms with Gasteiger partial charge in [-0.3, -0.25) is 9.78 Å². The van der Waals surface area contributed by atoms with Gasteiger partial charge in [0.15, 0.2) is 10.7 Å². The van der Waals surface area contributed by atoms with Crippen molar-refractivity contribution < 1.29 is 13.6 Å². The lowest BCUT2D eigenvalue weighted by molar-refractivity contribution is 0.0999. The molecule has 9 heteroatoms. The van der Waals surface area contributed by atoms with Crippen molar-refractivity contribution in [3.8, 4) is 11.1 Å². The molecule has 7 nitrogen and oxygen atoms in total. The second kappa shape index (κ2) is 9.09. The molecule has 5 rings (SSSR count). The molecule has 5 aromatic rings. The van der Waals surface area contributed by atoms with Crippen LogP contribution in [0.25, 0.3) is 32.4 Å². The molecule has 178 valence electrons. The molecule has 2 aromatic carbocycles. The van der Waals surface area contributed by atoms with Gasteiger partial charge in [0.05, 0.1) is 16.5 Å². The molecular formula is C26H24FN5O2S. The average Bonchev–Trinajstić information content (AvgIpc) is 3.44. The van der Waals surface area contributed by atoms with Gasteiger partial charge >= 0.3 is 0 Å². The molecule has 0 atom stereocenters. The number of halogens is 1. The minimum atomic E-state index is -0.598. The Balaban J connectivity index is 1.44. The summed E-state index contributed by atoms with van der Waals surface area (Å²) >= 11 is 1.46. The third kappa shape index (κ3) is 4.36. The van der Waals surface area contributed by atoms with E-state index in [4.69, 9.17) is 15.9 Å². The summed E-state index contributed by atoms with van der Waals surface area (Å²) in [7, 11) is 1.97. The number of hydrogen-bond donors (Lipinski definition) is 2. The Hall–Kier alpha value is -3.82. The van der Waals surface area contributed by atoms with E-state index >= 15 is 4.39 Å². The minimum absolute atomic E-state index is 0.274. The number of hydrogen-bond acceptors (Lipinski definition) is 7. The highest BCUT2D eigenvalue weighted by Gasteiger charge is 2.21. The lowest BCUT2D eigenvalue weighted by atomic mass is 9.92. The van der Waals surface area contributed by atoms with E-state index in [1.54, 1.807) is 25.3 Å². The fourth-order valence-electron chi connectivity index (χ4n) is 4.42. The van der Waals surface area contributed by atoms with Crippen LogP contribution in [0.5, 0.6) is 0 Å². The summed E-state index contributed by atoms with van der Waals surface area (Å²) in [5.41, 5.74) is 16.6. The van der Waals surface area contributed by atoms with E-state index in [-0.39, 0.29) is 11.4 Å². The lowest BCUT2D eigenvalue weighted by Gasteiger charge is -2.20. The van der Waals surface area contributed by atoms with E-state index in [1.807, 2.05) is 25.2 Å². The van der Waals surface area contributed by atoms with Gasteiger partial charge in [-0.25, -0.2) is 9.37 Å². The monoisotopic (exact) mass is 489 g/mol. The van der Waals surface area contributed by atoms with Crippen LogP contribution in [0.15, 0.2) is 53.3 Å². The summed E-state index contributed by atoms with van der Waals surface area (Å²) in [5, 5.41) is 0.544. The Morgan fingerprint density at radius 3 is 2.80 bits per heavy atom. The SMILES string of the molecule is Cc1c(C(N)=O)cc(-c2ccnc3ccoc23)c(F)c1CCN(C)Cc1ccc2sc(N)nc2c1. The number of furan rings is 1. The van der Waals surface area contributed by atoms with Crippen molar-refractivity contribution in [1.29, 1.82) is 0 Å². The lowest BCUT2D eigenvalue weighted by Crippen LogP contribution is -2.22. The van der Waals surface area contributed by atoms with Crippen LogP contribution in [0, 0.1) is 12.7 Å². The Morgan fingerprint density at radius 2 is 2.00 bits per heavy atom. The van der Waals surface area contributed by atoms with Crippen molar-refractivity contribution >= 4 is 43.7 Å². The summed E-state index contributed by atoms with van der Waals surface area (Å²) in [6.45, 7) is 2.97. The largest absolute Gasteiger partial charge is 0.462 e. The van der Waals surface area contributed by atoms with Crippen LogP contribution in [0.4, 0.5) is 9.52 Å². The van der Waals surface area contributed by atoms with Crippen molar-refractivity contribution in [3.05, 3.63) is 76.9 Å². The van der Waals surface area contributed by atoms with Gasteiger partial charge in [0.25, 0.3) is 0 Å². The van der Waals surface area contributed by atoms with Gasteiger partial charge in [-0.05, 0) is 61.3 Å². The first-order chi connectivity index (χ1) is 16.8. The molecule has 0 unspecified atom stereocenters. The number of nitrogens with two attached hydrogens (primary N) is 2. The topological polar surface area (TPSA) is 111 Å². The average molecular weight is 490 g/mol. The van der Waals surface area contributed by atoms with Crippen LogP contribution in [0.2, 0.25) is 0 Å². The molecule has 0 bridgehead atoms. The van der Waals surface area contributed by atoms with Crippen LogP contribution < -0.4 is 11.5 Å². The van der Waals surface area contributed by atoms with Crippen molar-refractivity contribution in [2.75, 3.05) is 19.3 Å². The number of fused-ring (bicyclic) bond motifs is 2. The van der Waals surface area contributed by atoms with Crippen LogP contribution >= 0.6 is 11.3 Å². The molecule has 0 aliphatic carbocycles. The van der Waals surface area contributed by atoms with E-state index < -0.39 is 5.91 Å². The molecule has 35 heavy (non-hydrogen) atoms. The Labute approximate surface area is 205 Å². The fraction of sp³-hybridized carbons (Fsp3) is 0.192. The van der Waals surface area contributed by atoms with Gasteiger partial charge in [0.1, 0.15) is 11.3 Å². The smallest absolute Gasteiger partial charge is 0.249 e. The van der Waals surface area contributed by atoms with Crippen molar-refractivity contribution in [2.24, 2.45) is 5.73 Å². The summed E-state index contributed by atoms with van der Waals surface area (Å²) in [4.78, 5) is 22.9. The van der Waals surface area contributed by atoms with Gasteiger partial charge < -0.3 is 20.8 Å². The molecule has 4 N–H and O–H groups in total. The molecular weight excluding hydrogens is 465 g/mol. The molecule has 0 radical (unpaired) electrons. The number of nitrogens with zero attached hydrogens (tertiary/aromatic N) is 3. The van der Waals surface area contributed by atoms with Gasteiger partial charge in [-0.15, -0.1) is 0 Å². The van der Waals surface area contributed by atoms with Crippen LogP contribution in [0.3, 0.4) is 0 Å². The molecule has 3 aromatic heterocycles. The van der Waals surface area contributed by atoms with Gasteiger partial charge in [0, 0.05) is 42.0 Å². The maximum atomic E-state index is 15.9. The third-order valence-corrected chi connectivity index (χ3v) is 7.08. The quantitative estimate of drug-likeness (QED) is 0.336. The predicted molar refractivity (Wildman–Crippen MR) is 137 cm³/mol. The highest BCUT2D eigenvalue weighted by atomic mass is 32.1. The number of primary amides is 1. The summed E-state index contributed by atoms with van der Waals surface area (Å²) < 4.78 is 22.5. The number of carbonyl (C=O) groups excluding carboxylic acids is 1. The van der Waals surface area contributed by atoms with E-state index in [0.717, 1.165) is 15.8 Å². The zero-order valence-corrected chi connectivity index (χ0v) is 20.2. The molecule has 0 fully saturated rings. The Bertz CT molecular complexity index is 1580. The molecule has 0 aliphatic rings. The molecule has 3 heterocycles. The number of likely N-dealkylation sites (N-methyl/N-ethyl adjacent to an activating group) is 1. The highest BCUT2D eigenvalue weighted by Crippen LogP contribution is 2.34. The molecule has 1 amide bonds. The maximum absolute atomic E-state index is 15.9. The van der Waals surface area contributed by atoms with Gasteiger partial charge in [-0.1, -0.05) is 17.4 Å². The van der Waals surface area contributed by atoms with E-state index in [0.29, 0.717) is 58.0 Å². The first-order valence-electron chi connectivity index (χ1n) is 11.1. The highest BCUT2D eigenvalue weighted by molar-refractivity contribution is 7.22. The number of amides is 1. The minimum Gasteiger partial charge on any atom is -0.462 e. The number of carbonyl (C=O) groups is 1. The standard InChI is InChI=1S/C26H24FN5O2S/c1-14-16(6-9-32(2)13-15-3-4-22-21(11-15)31-26(29)35-22)23(27)19(12-18(14)25(28)33)17-5-8-30-20-7-10-34-24(17)20/h3-5,7-8,10-12H,6,9,13H2,1-2H3,(H2,28,33)(H2,29,31). The van der Waals surface area contributed by atoms with Gasteiger partial charge in [0.2, 0.25) is 5.91 Å².